The molecular weight excluding hydrogens is 806 g/mol. The number of carboxylic acid groups (broad SMARTS) is 1. The molecule has 0 aliphatic rings. The fourth-order valence-electron chi connectivity index (χ4n) is 7.47. The molecule has 0 rings (SSSR count). The topological polar surface area (TPSA) is 172 Å². The molecule has 0 saturated carbocycles. The predicted molar refractivity (Wildman–Crippen MR) is 254 cm³/mol. The standard InChI is InChI=1S/C50H96NO10P/c1-3-5-7-9-11-13-15-17-19-21-22-23-24-26-28-30-32-34-36-38-40-42-49(53)61-46(44-59-62(56,57)60-45-47(51)50(54)55)43-58-48(52)41-39-37-35-33-31-29-27-25-20-18-16-14-12-10-8-6-4-2/h21-22,46-47H,3-20,23-45,51H2,1-2H3,(H,54,55)(H,56,57)/b22-21-. The van der Waals surface area contributed by atoms with Crippen molar-refractivity contribution in [3.05, 3.63) is 12.2 Å². The fourth-order valence-corrected chi connectivity index (χ4v) is 8.25. The summed E-state index contributed by atoms with van der Waals surface area (Å²) in [5.41, 5.74) is 5.35. The van der Waals surface area contributed by atoms with E-state index in [4.69, 9.17) is 24.8 Å². The zero-order valence-corrected chi connectivity index (χ0v) is 40.9. The number of carbonyl (C=O) groups excluding carboxylic acids is 2. The highest BCUT2D eigenvalue weighted by atomic mass is 31.2. The molecule has 4 N–H and O–H groups in total. The third-order valence-corrected chi connectivity index (χ3v) is 12.5. The SMILES string of the molecule is CCCCCCCCCC/C=C\CCCCCCCCCCCC(=O)OC(COC(=O)CCCCCCCCCCCCCCCCCCC)COP(=O)(O)OCC(N)C(=O)O. The van der Waals surface area contributed by atoms with Crippen LogP contribution in [0.25, 0.3) is 0 Å². The van der Waals surface area contributed by atoms with Crippen molar-refractivity contribution in [3.63, 3.8) is 0 Å². The van der Waals surface area contributed by atoms with Gasteiger partial charge in [-0.05, 0) is 38.5 Å². The molecule has 0 aromatic carbocycles. The smallest absolute Gasteiger partial charge is 0.472 e. The first-order chi connectivity index (χ1) is 30.1. The molecule has 3 atom stereocenters. The Labute approximate surface area is 379 Å². The number of allylic oxidation sites excluding steroid dienone is 2. The average Bonchev–Trinajstić information content (AvgIpc) is 3.25. The van der Waals surface area contributed by atoms with E-state index >= 15 is 0 Å². The quantitative estimate of drug-likeness (QED) is 0.0230. The van der Waals surface area contributed by atoms with Crippen molar-refractivity contribution in [2.24, 2.45) is 5.73 Å². The maximum Gasteiger partial charge on any atom is 0.472 e. The Kier molecular flexibility index (Phi) is 44.5. The Balaban J connectivity index is 4.21. The van der Waals surface area contributed by atoms with Gasteiger partial charge < -0.3 is 25.2 Å². The maximum absolute atomic E-state index is 12.7. The molecule has 12 heteroatoms. The number of ether oxygens (including phenoxy) is 2. The number of hydrogen-bond acceptors (Lipinski definition) is 9. The van der Waals surface area contributed by atoms with Crippen LogP contribution in [0.15, 0.2) is 12.2 Å². The summed E-state index contributed by atoms with van der Waals surface area (Å²) in [5, 5.41) is 8.92. The van der Waals surface area contributed by atoms with E-state index in [9.17, 15) is 23.8 Å². The van der Waals surface area contributed by atoms with E-state index in [1.54, 1.807) is 0 Å². The second kappa shape index (κ2) is 45.8. The normalized spacial score (nSPS) is 13.6. The van der Waals surface area contributed by atoms with Crippen molar-refractivity contribution in [2.75, 3.05) is 19.8 Å². The van der Waals surface area contributed by atoms with E-state index in [2.05, 4.69) is 30.5 Å². The van der Waals surface area contributed by atoms with Crippen LogP contribution in [0, 0.1) is 0 Å². The Morgan fingerprint density at radius 2 is 0.806 bits per heavy atom. The highest BCUT2D eigenvalue weighted by molar-refractivity contribution is 7.47. The highest BCUT2D eigenvalue weighted by Gasteiger charge is 2.28. The zero-order chi connectivity index (χ0) is 45.6. The average molecular weight is 902 g/mol. The van der Waals surface area contributed by atoms with E-state index in [0.717, 1.165) is 38.5 Å². The van der Waals surface area contributed by atoms with E-state index in [1.807, 2.05) is 0 Å². The van der Waals surface area contributed by atoms with E-state index in [-0.39, 0.29) is 19.4 Å². The van der Waals surface area contributed by atoms with Gasteiger partial charge in [0.1, 0.15) is 12.6 Å². The molecule has 0 spiro atoms. The lowest BCUT2D eigenvalue weighted by Crippen LogP contribution is -2.34. The summed E-state index contributed by atoms with van der Waals surface area (Å²) in [6.07, 6.45) is 48.4. The van der Waals surface area contributed by atoms with Crippen LogP contribution in [0.4, 0.5) is 0 Å². The minimum atomic E-state index is -4.72. The molecule has 0 radical (unpaired) electrons. The van der Waals surface area contributed by atoms with Gasteiger partial charge in [0.15, 0.2) is 6.10 Å². The van der Waals surface area contributed by atoms with Crippen molar-refractivity contribution in [1.82, 2.24) is 0 Å². The number of esters is 2. The van der Waals surface area contributed by atoms with Crippen molar-refractivity contribution < 1.29 is 47.5 Å². The van der Waals surface area contributed by atoms with Crippen LogP contribution in [0.3, 0.4) is 0 Å². The van der Waals surface area contributed by atoms with Crippen LogP contribution in [-0.4, -0.2) is 59.9 Å². The molecule has 0 heterocycles. The Hall–Kier alpha value is -1.78. The van der Waals surface area contributed by atoms with Gasteiger partial charge in [-0.3, -0.25) is 23.4 Å². The third kappa shape index (κ3) is 44.8. The highest BCUT2D eigenvalue weighted by Crippen LogP contribution is 2.43. The monoisotopic (exact) mass is 902 g/mol. The second-order valence-corrected chi connectivity index (χ2v) is 19.1. The second-order valence-electron chi connectivity index (χ2n) is 17.7. The van der Waals surface area contributed by atoms with Crippen molar-refractivity contribution >= 4 is 25.7 Å². The minimum absolute atomic E-state index is 0.164. The summed E-state index contributed by atoms with van der Waals surface area (Å²) < 4.78 is 32.9. The Morgan fingerprint density at radius 1 is 0.484 bits per heavy atom. The van der Waals surface area contributed by atoms with Gasteiger partial charge in [-0.15, -0.1) is 0 Å². The molecule has 0 amide bonds. The maximum atomic E-state index is 12.7. The van der Waals surface area contributed by atoms with Crippen molar-refractivity contribution in [2.45, 2.75) is 270 Å². The van der Waals surface area contributed by atoms with Crippen molar-refractivity contribution in [1.29, 1.82) is 0 Å². The van der Waals surface area contributed by atoms with Gasteiger partial charge >= 0.3 is 25.7 Å². The molecule has 366 valence electrons. The summed E-state index contributed by atoms with van der Waals surface area (Å²) in [4.78, 5) is 46.2. The van der Waals surface area contributed by atoms with Gasteiger partial charge in [0.05, 0.1) is 13.2 Å². The number of nitrogens with two attached hydrogens (primary N) is 1. The van der Waals surface area contributed by atoms with Gasteiger partial charge in [-0.2, -0.15) is 0 Å². The number of aliphatic carboxylic acids is 1. The van der Waals surface area contributed by atoms with E-state index in [0.29, 0.717) is 12.8 Å². The molecular formula is C50H96NO10P. The van der Waals surface area contributed by atoms with Crippen LogP contribution in [0.5, 0.6) is 0 Å². The number of hydrogen-bond donors (Lipinski definition) is 3. The number of phosphoric ester groups is 1. The first kappa shape index (κ1) is 60.2. The molecule has 3 unspecified atom stereocenters. The third-order valence-electron chi connectivity index (χ3n) is 11.5. The first-order valence-electron chi connectivity index (χ1n) is 25.7. The summed E-state index contributed by atoms with van der Waals surface area (Å²) >= 11 is 0. The van der Waals surface area contributed by atoms with Gasteiger partial charge in [-0.1, -0.05) is 219 Å². The summed E-state index contributed by atoms with van der Waals surface area (Å²) in [7, 11) is -4.72. The molecule has 0 aromatic rings. The van der Waals surface area contributed by atoms with Gasteiger partial charge in [0, 0.05) is 12.8 Å². The Morgan fingerprint density at radius 3 is 1.18 bits per heavy atom. The molecule has 0 saturated heterocycles. The molecule has 11 nitrogen and oxygen atoms in total. The van der Waals surface area contributed by atoms with E-state index < -0.39 is 51.1 Å². The van der Waals surface area contributed by atoms with Crippen molar-refractivity contribution in [3.8, 4) is 0 Å². The first-order valence-corrected chi connectivity index (χ1v) is 27.2. The summed E-state index contributed by atoms with van der Waals surface area (Å²) in [6.45, 7) is 2.86. The fraction of sp³-hybridized carbons (Fsp3) is 0.900. The number of rotatable bonds is 49. The Bertz CT molecular complexity index is 1110. The van der Waals surface area contributed by atoms with Crippen LogP contribution >= 0.6 is 7.82 Å². The molecule has 0 aromatic heterocycles. The number of carboxylic acids is 1. The van der Waals surface area contributed by atoms with Gasteiger partial charge in [0.2, 0.25) is 0 Å². The molecule has 0 bridgehead atoms. The number of phosphoric acid groups is 1. The lowest BCUT2D eigenvalue weighted by molar-refractivity contribution is -0.161. The van der Waals surface area contributed by atoms with Crippen LogP contribution < -0.4 is 5.73 Å². The molecule has 0 fully saturated rings. The lowest BCUT2D eigenvalue weighted by atomic mass is 10.0. The predicted octanol–water partition coefficient (Wildman–Crippen LogP) is 14.4. The zero-order valence-electron chi connectivity index (χ0n) is 40.0. The molecule has 62 heavy (non-hydrogen) atoms. The summed E-state index contributed by atoms with van der Waals surface area (Å²) in [6, 6.07) is -1.52. The molecule has 0 aliphatic carbocycles. The van der Waals surface area contributed by atoms with Crippen LogP contribution in [0.2, 0.25) is 0 Å². The van der Waals surface area contributed by atoms with Crippen LogP contribution in [-0.2, 0) is 37.5 Å². The molecule has 0 aliphatic heterocycles. The number of carbonyl (C=O) groups is 3. The van der Waals surface area contributed by atoms with Gasteiger partial charge in [-0.25, -0.2) is 4.57 Å². The lowest BCUT2D eigenvalue weighted by Gasteiger charge is -2.20. The number of unbranched alkanes of at least 4 members (excludes halogenated alkanes) is 33. The van der Waals surface area contributed by atoms with Crippen LogP contribution in [0.1, 0.15) is 258 Å². The minimum Gasteiger partial charge on any atom is -0.480 e. The summed E-state index contributed by atoms with van der Waals surface area (Å²) in [5.74, 6) is -2.36. The van der Waals surface area contributed by atoms with Gasteiger partial charge in [0.25, 0.3) is 0 Å². The van der Waals surface area contributed by atoms with E-state index in [1.165, 1.54) is 180 Å². The largest absolute Gasteiger partial charge is 0.480 e.